The molecule has 0 N–H and O–H groups in total. The van der Waals surface area contributed by atoms with Crippen LogP contribution in [0.3, 0.4) is 0 Å². The molecule has 11 heteroatoms. The van der Waals surface area contributed by atoms with Crippen LogP contribution in [-0.2, 0) is 10.8 Å². The van der Waals surface area contributed by atoms with Crippen molar-refractivity contribution in [1.82, 2.24) is 29.1 Å². The van der Waals surface area contributed by atoms with Gasteiger partial charge in [-0.25, -0.2) is 23.1 Å². The number of anilines is 6. The summed E-state index contributed by atoms with van der Waals surface area (Å²) < 4.78 is 48.5. The molecule has 0 radical (unpaired) electrons. The summed E-state index contributed by atoms with van der Waals surface area (Å²) in [4.78, 5) is 22.9. The first-order valence-electron chi connectivity index (χ1n) is 35.0. The van der Waals surface area contributed by atoms with Crippen LogP contribution in [0.1, 0.15) is 44.5 Å². The van der Waals surface area contributed by atoms with Gasteiger partial charge in [0.2, 0.25) is 0 Å². The highest BCUT2D eigenvalue weighted by Gasteiger charge is 2.48. The number of benzene rings is 12. The lowest BCUT2D eigenvalue weighted by Gasteiger charge is -2.33. The summed E-state index contributed by atoms with van der Waals surface area (Å²) in [6, 6.07) is 118. The van der Waals surface area contributed by atoms with Crippen molar-refractivity contribution < 1.29 is 13.2 Å². The predicted octanol–water partition coefficient (Wildman–Crippen LogP) is 23.2. The van der Waals surface area contributed by atoms with Gasteiger partial charge in [-0.2, -0.15) is 0 Å². The summed E-state index contributed by atoms with van der Waals surface area (Å²) in [5, 5.41) is 2.15. The maximum Gasteiger partial charge on any atom is 0.196 e. The summed E-state index contributed by atoms with van der Waals surface area (Å²) in [5.74, 6) is -2.40. The van der Waals surface area contributed by atoms with E-state index in [2.05, 4.69) is 255 Å². The topological polar surface area (TPSA) is 67.9 Å². The molecule has 2 aliphatic carbocycles. The first kappa shape index (κ1) is 62.3. The van der Waals surface area contributed by atoms with Crippen molar-refractivity contribution >= 4 is 78.3 Å². The average Bonchev–Trinajstić information content (AvgIpc) is 1.54. The molecule has 18 aromatic rings. The highest BCUT2D eigenvalue weighted by Crippen LogP contribution is 2.60. The van der Waals surface area contributed by atoms with Gasteiger partial charge in [-0.1, -0.05) is 200 Å². The maximum atomic E-state index is 15.4. The molecule has 20 rings (SSSR count). The molecule has 0 aliphatic heterocycles. The Balaban J connectivity index is 0.000000144. The van der Waals surface area contributed by atoms with Crippen LogP contribution in [0.25, 0.3) is 77.5 Å². The van der Waals surface area contributed by atoms with E-state index in [1.165, 1.54) is 67.3 Å². The summed E-state index contributed by atoms with van der Waals surface area (Å²) >= 11 is 0. The predicted molar refractivity (Wildman–Crippen MR) is 417 cm³/mol. The van der Waals surface area contributed by atoms with Gasteiger partial charge in [0.1, 0.15) is 11.6 Å². The molecule has 0 saturated heterocycles. The van der Waals surface area contributed by atoms with E-state index in [0.29, 0.717) is 11.4 Å². The first-order chi connectivity index (χ1) is 51.9. The van der Waals surface area contributed by atoms with Gasteiger partial charge in [0.05, 0.1) is 49.6 Å². The molecule has 8 nitrogen and oxygen atoms in total. The third-order valence-corrected chi connectivity index (χ3v) is 21.0. The number of hydrogen-bond donors (Lipinski definition) is 0. The second-order valence-corrected chi connectivity index (χ2v) is 26.4. The zero-order valence-electron chi connectivity index (χ0n) is 56.4. The molecule has 0 spiro atoms. The van der Waals surface area contributed by atoms with E-state index in [-0.39, 0.29) is 5.69 Å². The monoisotopic (exact) mass is 1360 g/mol. The second kappa shape index (κ2) is 25.4. The lowest BCUT2D eigenvalue weighted by molar-refractivity contribution is 0.448. The number of para-hydroxylation sites is 1. The third kappa shape index (κ3) is 9.84. The molecule has 0 atom stereocenters. The molecule has 6 aromatic heterocycles. The minimum atomic E-state index is -1.51. The van der Waals surface area contributed by atoms with E-state index >= 15 is 4.39 Å². The van der Waals surface area contributed by atoms with Crippen LogP contribution < -0.4 is 9.80 Å². The molecule has 0 bridgehead atoms. The van der Waals surface area contributed by atoms with Crippen molar-refractivity contribution in [2.75, 3.05) is 9.80 Å². The van der Waals surface area contributed by atoms with Crippen LogP contribution >= 0.6 is 0 Å². The summed E-state index contributed by atoms with van der Waals surface area (Å²) in [6.45, 7) is 0. The quantitative estimate of drug-likeness (QED) is 0.114. The Bertz CT molecular complexity index is 6180. The fourth-order valence-electron chi connectivity index (χ4n) is 16.6. The van der Waals surface area contributed by atoms with Gasteiger partial charge in [0, 0.05) is 64.0 Å². The molecule has 0 fully saturated rings. The number of rotatable bonds is 12. The standard InChI is InChI=1S/C48H30F3N3.C46H31N5/c49-41-26-27-42(46(51)45(41)50)53(33-17-8-3-9-18-33)34-22-24-35(25-23-34)54-43-21-12-28-52-47(43)38-29-40-37(30-44(38)54)36-19-10-11-20-39(36)48(40,31-13-4-1-5-14-31)32-15-6-2-7-16-32;1-3-14-32(15-4-1)46(33-16-5-2-6-17-33)39-19-8-7-18-36(39)37-31-42-38(30-40(37)46)45-41(20-13-29-49-45)50(42)34-23-25-35(26-24-34)51(43-21-9-11-27-47-43)44-22-10-12-28-48-44/h1-30H;1-31H. The molecular formula is C94H61F3N8. The number of pyridine rings is 4. The lowest BCUT2D eigenvalue weighted by Crippen LogP contribution is -2.28. The summed E-state index contributed by atoms with van der Waals surface area (Å²) in [6.07, 6.45) is 7.35. The maximum absolute atomic E-state index is 15.4. The van der Waals surface area contributed by atoms with Crippen molar-refractivity contribution in [3.8, 4) is 33.6 Å². The van der Waals surface area contributed by atoms with Gasteiger partial charge < -0.3 is 14.0 Å². The molecule has 6 heterocycles. The molecule has 2 aliphatic rings. The SMILES string of the molecule is Fc1ccc(N(c2ccccc2)c2ccc(-n3c4cc5c(cc4c4ncccc43)C(c3ccccc3)(c3ccccc3)c3ccccc3-5)cc2)c(F)c1F.c1ccc(C2(c3ccccc3)c3ccccc3-c3cc4c(cc32)c2ncccc2n4-c2ccc(N(c3ccccn3)c3ccccn3)cc2)cc1. The van der Waals surface area contributed by atoms with Crippen LogP contribution in [0.4, 0.5) is 47.6 Å². The Kier molecular flexibility index (Phi) is 15.0. The van der Waals surface area contributed by atoms with E-state index < -0.39 is 28.3 Å². The lowest BCUT2D eigenvalue weighted by atomic mass is 9.67. The Morgan fingerprint density at radius 3 is 1.06 bits per heavy atom. The number of fused-ring (bicyclic) bond motifs is 12. The van der Waals surface area contributed by atoms with Gasteiger partial charge in [0.15, 0.2) is 17.5 Å². The van der Waals surface area contributed by atoms with E-state index in [4.69, 9.17) is 9.97 Å². The molecule has 105 heavy (non-hydrogen) atoms. The van der Waals surface area contributed by atoms with Crippen LogP contribution in [0.2, 0.25) is 0 Å². The number of halogens is 3. The van der Waals surface area contributed by atoms with E-state index in [0.717, 1.165) is 84.2 Å². The highest BCUT2D eigenvalue weighted by molar-refractivity contribution is 6.12. The fourth-order valence-corrected chi connectivity index (χ4v) is 16.6. The Morgan fingerprint density at radius 1 is 0.267 bits per heavy atom. The molecule has 0 saturated carbocycles. The van der Waals surface area contributed by atoms with Crippen LogP contribution in [0.5, 0.6) is 0 Å². The zero-order chi connectivity index (χ0) is 70.2. The molecule has 12 aromatic carbocycles. The Hall–Kier alpha value is -13.8. The first-order valence-corrected chi connectivity index (χ1v) is 35.0. The van der Waals surface area contributed by atoms with Gasteiger partial charge in [-0.3, -0.25) is 14.9 Å². The van der Waals surface area contributed by atoms with Crippen LogP contribution in [0.15, 0.2) is 371 Å². The average molecular weight is 1360 g/mol. The van der Waals surface area contributed by atoms with E-state index in [9.17, 15) is 8.78 Å². The van der Waals surface area contributed by atoms with Crippen molar-refractivity contribution in [3.05, 3.63) is 433 Å². The smallest absolute Gasteiger partial charge is 0.196 e. The highest BCUT2D eigenvalue weighted by atomic mass is 19.2. The molecule has 498 valence electrons. The van der Waals surface area contributed by atoms with Gasteiger partial charge in [-0.15, -0.1) is 0 Å². The van der Waals surface area contributed by atoms with Crippen molar-refractivity contribution in [2.24, 2.45) is 0 Å². The Labute approximate surface area is 603 Å². The fraction of sp³-hybridized carbons (Fsp3) is 0.0213. The van der Waals surface area contributed by atoms with E-state index in [1.54, 1.807) is 17.0 Å². The van der Waals surface area contributed by atoms with Crippen LogP contribution in [-0.4, -0.2) is 29.1 Å². The summed E-state index contributed by atoms with van der Waals surface area (Å²) in [5.41, 5.74) is 23.6. The number of nitrogens with zero attached hydrogens (tertiary/aromatic N) is 8. The molecule has 0 unspecified atom stereocenters. The minimum Gasteiger partial charge on any atom is -0.308 e. The number of hydrogen-bond acceptors (Lipinski definition) is 6. The zero-order valence-corrected chi connectivity index (χ0v) is 56.4. The Morgan fingerprint density at radius 2 is 0.638 bits per heavy atom. The van der Waals surface area contributed by atoms with Crippen molar-refractivity contribution in [3.63, 3.8) is 0 Å². The van der Waals surface area contributed by atoms with Gasteiger partial charge in [0.25, 0.3) is 0 Å². The molecular weight excluding hydrogens is 1300 g/mol. The van der Waals surface area contributed by atoms with Crippen molar-refractivity contribution in [1.29, 1.82) is 0 Å². The normalized spacial score (nSPS) is 12.9. The molecule has 0 amide bonds. The van der Waals surface area contributed by atoms with Crippen molar-refractivity contribution in [2.45, 2.75) is 10.8 Å². The van der Waals surface area contributed by atoms with Gasteiger partial charge in [-0.05, 0) is 212 Å². The van der Waals surface area contributed by atoms with E-state index in [1.807, 2.05) is 116 Å². The minimum absolute atomic E-state index is 0.0940. The number of aromatic nitrogens is 6. The summed E-state index contributed by atoms with van der Waals surface area (Å²) in [7, 11) is 0. The van der Waals surface area contributed by atoms with Crippen LogP contribution in [0, 0.1) is 17.5 Å². The second-order valence-electron chi connectivity index (χ2n) is 26.4. The van der Waals surface area contributed by atoms with Gasteiger partial charge >= 0.3 is 0 Å². The largest absolute Gasteiger partial charge is 0.308 e. The third-order valence-electron chi connectivity index (χ3n) is 21.0.